The Bertz CT molecular complexity index is 1670. The standard InChI is InChI=1S/C28H26FN5O3S2/c1-39(35,36)13-12-30-15-27-34-26(17-38-27)20-4-11-24-25(14-20)31-18-32-28(24)33-22-7-9-23(10-8-22)37-16-19-2-5-21(29)6-3-19/h2-11,14,17-18,30H,12-13,15-16H2,1H3,(H,31,32,33). The van der Waals surface area contributed by atoms with Crippen LogP contribution in [0.5, 0.6) is 5.75 Å². The average molecular weight is 564 g/mol. The molecule has 0 bridgehead atoms. The van der Waals surface area contributed by atoms with Gasteiger partial charge in [0.05, 0.1) is 17.0 Å². The van der Waals surface area contributed by atoms with E-state index in [0.29, 0.717) is 31.3 Å². The zero-order valence-electron chi connectivity index (χ0n) is 21.1. The fourth-order valence-electron chi connectivity index (χ4n) is 3.81. The van der Waals surface area contributed by atoms with Crippen LogP contribution in [-0.2, 0) is 23.0 Å². The molecule has 0 aliphatic rings. The summed E-state index contributed by atoms with van der Waals surface area (Å²) in [6.45, 7) is 1.26. The molecule has 39 heavy (non-hydrogen) atoms. The van der Waals surface area contributed by atoms with E-state index in [9.17, 15) is 12.8 Å². The molecule has 0 aliphatic heterocycles. The second-order valence-electron chi connectivity index (χ2n) is 8.95. The van der Waals surface area contributed by atoms with Gasteiger partial charge in [0.15, 0.2) is 0 Å². The number of nitrogens with one attached hydrogen (secondary N) is 2. The number of aromatic nitrogens is 3. The molecule has 0 amide bonds. The van der Waals surface area contributed by atoms with Crippen LogP contribution < -0.4 is 15.4 Å². The molecule has 2 aromatic heterocycles. The quantitative estimate of drug-likeness (QED) is 0.207. The number of hydrogen-bond donors (Lipinski definition) is 2. The van der Waals surface area contributed by atoms with Crippen LogP contribution in [0.25, 0.3) is 22.2 Å². The van der Waals surface area contributed by atoms with Crippen molar-refractivity contribution in [2.45, 2.75) is 13.2 Å². The summed E-state index contributed by atoms with van der Waals surface area (Å²) in [5.74, 6) is 1.21. The molecule has 0 unspecified atom stereocenters. The Balaban J connectivity index is 1.23. The number of fused-ring (bicyclic) bond motifs is 1. The molecule has 2 N–H and O–H groups in total. The third-order valence-corrected chi connectivity index (χ3v) is 7.64. The van der Waals surface area contributed by atoms with Gasteiger partial charge in [0.25, 0.3) is 0 Å². The minimum Gasteiger partial charge on any atom is -0.489 e. The van der Waals surface area contributed by atoms with Crippen molar-refractivity contribution in [2.75, 3.05) is 23.9 Å². The number of hydrogen-bond acceptors (Lipinski definition) is 9. The van der Waals surface area contributed by atoms with Gasteiger partial charge in [0.2, 0.25) is 0 Å². The smallest absolute Gasteiger partial charge is 0.148 e. The molecule has 0 fully saturated rings. The molecule has 0 saturated heterocycles. The molecule has 0 atom stereocenters. The molecule has 5 aromatic rings. The predicted octanol–water partition coefficient (Wildman–Crippen LogP) is 5.35. The monoisotopic (exact) mass is 563 g/mol. The van der Waals surface area contributed by atoms with Gasteiger partial charge in [-0.1, -0.05) is 18.2 Å². The first-order valence-electron chi connectivity index (χ1n) is 12.1. The fourth-order valence-corrected chi connectivity index (χ4v) is 5.10. The van der Waals surface area contributed by atoms with Crippen molar-refractivity contribution in [3.63, 3.8) is 0 Å². The van der Waals surface area contributed by atoms with Crippen molar-refractivity contribution >= 4 is 43.6 Å². The molecule has 0 saturated carbocycles. The lowest BCUT2D eigenvalue weighted by Gasteiger charge is -2.11. The highest BCUT2D eigenvalue weighted by Crippen LogP contribution is 2.29. The fraction of sp³-hybridized carbons (Fsp3) is 0.179. The third kappa shape index (κ3) is 7.34. The molecule has 0 aliphatic carbocycles. The molecule has 0 spiro atoms. The van der Waals surface area contributed by atoms with Gasteiger partial charge in [0, 0.05) is 41.4 Å². The number of halogens is 1. The van der Waals surface area contributed by atoms with Gasteiger partial charge in [-0.15, -0.1) is 11.3 Å². The van der Waals surface area contributed by atoms with Crippen molar-refractivity contribution in [1.29, 1.82) is 0 Å². The number of ether oxygens (including phenoxy) is 1. The van der Waals surface area contributed by atoms with Crippen molar-refractivity contribution in [1.82, 2.24) is 20.3 Å². The molecule has 11 heteroatoms. The van der Waals surface area contributed by atoms with E-state index in [1.807, 2.05) is 47.8 Å². The first-order valence-corrected chi connectivity index (χ1v) is 15.1. The SMILES string of the molecule is CS(=O)(=O)CCNCc1nc(-c2ccc3c(Nc4ccc(OCc5ccc(F)cc5)cc4)ncnc3c2)cs1. The lowest BCUT2D eigenvalue weighted by Crippen LogP contribution is -2.21. The summed E-state index contributed by atoms with van der Waals surface area (Å²) in [5.41, 5.74) is 4.30. The number of rotatable bonds is 11. The summed E-state index contributed by atoms with van der Waals surface area (Å²) in [6, 6.07) is 19.7. The Hall–Kier alpha value is -3.93. The molecule has 200 valence electrons. The Morgan fingerprint density at radius 2 is 1.79 bits per heavy atom. The lowest BCUT2D eigenvalue weighted by molar-refractivity contribution is 0.306. The first-order chi connectivity index (χ1) is 18.8. The van der Waals surface area contributed by atoms with Crippen molar-refractivity contribution < 1.29 is 17.5 Å². The number of nitrogens with zero attached hydrogens (tertiary/aromatic N) is 3. The molecular formula is C28H26FN5O3S2. The minimum absolute atomic E-state index is 0.0986. The normalized spacial score (nSPS) is 11.5. The van der Waals surface area contributed by atoms with Gasteiger partial charge in [0.1, 0.15) is 45.2 Å². The highest BCUT2D eigenvalue weighted by molar-refractivity contribution is 7.90. The highest BCUT2D eigenvalue weighted by Gasteiger charge is 2.10. The summed E-state index contributed by atoms with van der Waals surface area (Å²) in [7, 11) is -2.99. The zero-order valence-corrected chi connectivity index (χ0v) is 22.7. The second kappa shape index (κ2) is 11.9. The van der Waals surface area contributed by atoms with Gasteiger partial charge < -0.3 is 15.4 Å². The average Bonchev–Trinajstić information content (AvgIpc) is 3.40. The zero-order chi connectivity index (χ0) is 27.2. The molecular weight excluding hydrogens is 537 g/mol. The van der Waals surface area contributed by atoms with Crippen LogP contribution >= 0.6 is 11.3 Å². The van der Waals surface area contributed by atoms with E-state index in [0.717, 1.165) is 38.4 Å². The maximum atomic E-state index is 13.1. The Morgan fingerprint density at radius 3 is 2.56 bits per heavy atom. The predicted molar refractivity (Wildman–Crippen MR) is 153 cm³/mol. The van der Waals surface area contributed by atoms with Crippen LogP contribution in [0.2, 0.25) is 0 Å². The third-order valence-electron chi connectivity index (χ3n) is 5.85. The summed E-state index contributed by atoms with van der Waals surface area (Å²) in [5, 5.41) is 10.2. The summed E-state index contributed by atoms with van der Waals surface area (Å²) in [4.78, 5) is 13.5. The van der Waals surface area contributed by atoms with Crippen molar-refractivity contribution in [3.8, 4) is 17.0 Å². The van der Waals surface area contributed by atoms with Crippen molar-refractivity contribution in [3.05, 3.63) is 94.8 Å². The molecule has 3 aromatic carbocycles. The molecule has 8 nitrogen and oxygen atoms in total. The number of benzene rings is 3. The van der Waals surface area contributed by atoms with Crippen molar-refractivity contribution in [2.24, 2.45) is 0 Å². The van der Waals surface area contributed by atoms with Gasteiger partial charge in [-0.2, -0.15) is 0 Å². The lowest BCUT2D eigenvalue weighted by atomic mass is 10.1. The molecule has 2 heterocycles. The van der Waals surface area contributed by atoms with E-state index in [-0.39, 0.29) is 11.6 Å². The first kappa shape index (κ1) is 26.7. The maximum absolute atomic E-state index is 13.1. The highest BCUT2D eigenvalue weighted by atomic mass is 32.2. The van der Waals surface area contributed by atoms with Crippen LogP contribution in [0.15, 0.2) is 78.4 Å². The van der Waals surface area contributed by atoms with Crippen LogP contribution in [-0.4, -0.2) is 41.9 Å². The van der Waals surface area contributed by atoms with Crippen LogP contribution in [0.4, 0.5) is 15.9 Å². The van der Waals surface area contributed by atoms with E-state index >= 15 is 0 Å². The Morgan fingerprint density at radius 1 is 1.00 bits per heavy atom. The van der Waals surface area contributed by atoms with Gasteiger partial charge >= 0.3 is 0 Å². The van der Waals surface area contributed by atoms with Gasteiger partial charge in [-0.25, -0.2) is 27.8 Å². The summed E-state index contributed by atoms with van der Waals surface area (Å²) >= 11 is 1.52. The summed E-state index contributed by atoms with van der Waals surface area (Å²) in [6.07, 6.45) is 2.75. The van der Waals surface area contributed by atoms with Crippen LogP contribution in [0.3, 0.4) is 0 Å². The van der Waals surface area contributed by atoms with Gasteiger partial charge in [-0.3, -0.25) is 0 Å². The summed E-state index contributed by atoms with van der Waals surface area (Å²) < 4.78 is 41.4. The maximum Gasteiger partial charge on any atom is 0.148 e. The number of anilines is 2. The topological polar surface area (TPSA) is 106 Å². The van der Waals surface area contributed by atoms with Crippen LogP contribution in [0.1, 0.15) is 10.6 Å². The second-order valence-corrected chi connectivity index (χ2v) is 12.2. The Labute approximate surface area is 229 Å². The van der Waals surface area contributed by atoms with E-state index in [1.165, 1.54) is 36.1 Å². The van der Waals surface area contributed by atoms with Crippen LogP contribution in [0, 0.1) is 5.82 Å². The Kier molecular flexibility index (Phi) is 8.10. The van der Waals surface area contributed by atoms with E-state index in [2.05, 4.69) is 25.6 Å². The van der Waals surface area contributed by atoms with E-state index < -0.39 is 9.84 Å². The van der Waals surface area contributed by atoms with E-state index in [1.54, 1.807) is 12.1 Å². The largest absolute Gasteiger partial charge is 0.489 e. The van der Waals surface area contributed by atoms with E-state index in [4.69, 9.17) is 4.74 Å². The van der Waals surface area contributed by atoms with Gasteiger partial charge in [-0.05, 0) is 54.1 Å². The molecule has 5 rings (SSSR count). The number of thiazole rings is 1. The number of sulfone groups is 1. The molecule has 0 radical (unpaired) electrons. The minimum atomic E-state index is -2.99.